The van der Waals surface area contributed by atoms with E-state index in [2.05, 4.69) is 10.6 Å². The third kappa shape index (κ3) is 6.03. The van der Waals surface area contributed by atoms with Crippen molar-refractivity contribution in [1.82, 2.24) is 15.5 Å². The number of nitro groups is 1. The van der Waals surface area contributed by atoms with Gasteiger partial charge in [0.2, 0.25) is 5.91 Å². The second-order valence-corrected chi connectivity index (χ2v) is 5.62. The van der Waals surface area contributed by atoms with Gasteiger partial charge in [0.1, 0.15) is 0 Å². The molecule has 1 unspecified atom stereocenters. The van der Waals surface area contributed by atoms with E-state index in [0.29, 0.717) is 0 Å². The molecule has 1 rings (SSSR count). The molecule has 0 aromatic heterocycles. The van der Waals surface area contributed by atoms with Crippen LogP contribution in [0.3, 0.4) is 0 Å². The summed E-state index contributed by atoms with van der Waals surface area (Å²) in [7, 11) is 1.71. The molecule has 2 N–H and O–H groups in total. The van der Waals surface area contributed by atoms with Gasteiger partial charge < -0.3 is 5.32 Å². The predicted molar refractivity (Wildman–Crippen MR) is 86.0 cm³/mol. The first-order chi connectivity index (χ1) is 10.7. The van der Waals surface area contributed by atoms with Gasteiger partial charge in [0, 0.05) is 24.2 Å². The minimum absolute atomic E-state index is 0.00325. The molecule has 23 heavy (non-hydrogen) atoms. The minimum atomic E-state index is -0.540. The standard InChI is InChI=1S/C15H22N4O4/c1-10(2)16-15(21)17-14(20)9-18(4)11(3)12-6-5-7-13(8-12)19(22)23/h5-8,10-11H,9H2,1-4H3,(H2,16,17,20,21). The molecule has 1 atom stereocenters. The van der Waals surface area contributed by atoms with E-state index >= 15 is 0 Å². The number of nitrogens with one attached hydrogen (secondary N) is 2. The number of carbonyl (C=O) groups is 2. The van der Waals surface area contributed by atoms with Crippen LogP contribution in [0.2, 0.25) is 0 Å². The van der Waals surface area contributed by atoms with Crippen LogP contribution in [0.15, 0.2) is 24.3 Å². The Morgan fingerprint density at radius 2 is 1.96 bits per heavy atom. The summed E-state index contributed by atoms with van der Waals surface area (Å²) in [6.45, 7) is 5.41. The summed E-state index contributed by atoms with van der Waals surface area (Å²) in [6, 6.07) is 5.44. The maximum Gasteiger partial charge on any atom is 0.321 e. The second kappa shape index (κ2) is 8.23. The van der Waals surface area contributed by atoms with E-state index in [1.807, 2.05) is 6.92 Å². The predicted octanol–water partition coefficient (Wildman–Crippen LogP) is 1.82. The van der Waals surface area contributed by atoms with Crippen LogP contribution in [0.4, 0.5) is 10.5 Å². The molecule has 0 aliphatic carbocycles. The number of amides is 3. The summed E-state index contributed by atoms with van der Waals surface area (Å²) in [4.78, 5) is 35.4. The van der Waals surface area contributed by atoms with Crippen molar-refractivity contribution in [2.24, 2.45) is 0 Å². The van der Waals surface area contributed by atoms with Gasteiger partial charge in [-0.1, -0.05) is 12.1 Å². The zero-order valence-corrected chi connectivity index (χ0v) is 13.7. The van der Waals surface area contributed by atoms with Crippen molar-refractivity contribution in [2.45, 2.75) is 32.9 Å². The highest BCUT2D eigenvalue weighted by atomic mass is 16.6. The van der Waals surface area contributed by atoms with Gasteiger partial charge in [0.05, 0.1) is 11.5 Å². The molecule has 0 aliphatic rings. The van der Waals surface area contributed by atoms with E-state index in [-0.39, 0.29) is 24.3 Å². The Kier molecular flexibility index (Phi) is 6.65. The molecule has 0 bridgehead atoms. The first-order valence-electron chi connectivity index (χ1n) is 7.25. The topological polar surface area (TPSA) is 105 Å². The van der Waals surface area contributed by atoms with Gasteiger partial charge in [-0.05, 0) is 33.4 Å². The molecule has 0 fully saturated rings. The Labute approximate surface area is 135 Å². The number of rotatable bonds is 6. The first-order valence-corrected chi connectivity index (χ1v) is 7.25. The molecule has 126 valence electrons. The van der Waals surface area contributed by atoms with Crippen LogP contribution in [0.25, 0.3) is 0 Å². The van der Waals surface area contributed by atoms with E-state index < -0.39 is 16.9 Å². The zero-order valence-electron chi connectivity index (χ0n) is 13.7. The number of carbonyl (C=O) groups excluding carboxylic acids is 2. The third-order valence-corrected chi connectivity index (χ3v) is 3.29. The highest BCUT2D eigenvalue weighted by Gasteiger charge is 2.18. The normalized spacial score (nSPS) is 12.1. The highest BCUT2D eigenvalue weighted by molar-refractivity contribution is 5.95. The SMILES string of the molecule is CC(C)NC(=O)NC(=O)CN(C)C(C)c1cccc([N+](=O)[O-])c1. The van der Waals surface area contributed by atoms with Crippen molar-refractivity contribution in [3.63, 3.8) is 0 Å². The summed E-state index contributed by atoms with van der Waals surface area (Å²) in [6.07, 6.45) is 0. The van der Waals surface area contributed by atoms with Gasteiger partial charge in [-0.3, -0.25) is 25.1 Å². The summed E-state index contributed by atoms with van der Waals surface area (Å²) in [5, 5.41) is 15.6. The minimum Gasteiger partial charge on any atom is -0.336 e. The number of benzene rings is 1. The van der Waals surface area contributed by atoms with E-state index in [1.54, 1.807) is 37.9 Å². The highest BCUT2D eigenvalue weighted by Crippen LogP contribution is 2.22. The lowest BCUT2D eigenvalue weighted by atomic mass is 10.1. The number of imide groups is 1. The summed E-state index contributed by atoms with van der Waals surface area (Å²) < 4.78 is 0. The summed E-state index contributed by atoms with van der Waals surface area (Å²) in [5.41, 5.74) is 0.727. The maximum absolute atomic E-state index is 11.8. The lowest BCUT2D eigenvalue weighted by Crippen LogP contribution is -2.46. The molecule has 3 amide bonds. The molecule has 0 saturated carbocycles. The van der Waals surface area contributed by atoms with E-state index in [9.17, 15) is 19.7 Å². The van der Waals surface area contributed by atoms with Gasteiger partial charge in [-0.2, -0.15) is 0 Å². The van der Waals surface area contributed by atoms with Crippen LogP contribution in [-0.4, -0.2) is 41.4 Å². The summed E-state index contributed by atoms with van der Waals surface area (Å²) >= 11 is 0. The Morgan fingerprint density at radius 3 is 2.52 bits per heavy atom. The van der Waals surface area contributed by atoms with Crippen molar-refractivity contribution in [1.29, 1.82) is 0 Å². The lowest BCUT2D eigenvalue weighted by Gasteiger charge is -2.24. The van der Waals surface area contributed by atoms with E-state index in [1.165, 1.54) is 12.1 Å². The van der Waals surface area contributed by atoms with Crippen molar-refractivity contribution in [3.05, 3.63) is 39.9 Å². The monoisotopic (exact) mass is 322 g/mol. The number of nitro benzene ring substituents is 1. The van der Waals surface area contributed by atoms with E-state index in [0.717, 1.165) is 5.56 Å². The van der Waals surface area contributed by atoms with Crippen LogP contribution < -0.4 is 10.6 Å². The zero-order chi connectivity index (χ0) is 17.6. The van der Waals surface area contributed by atoms with Crippen molar-refractivity contribution in [3.8, 4) is 0 Å². The quantitative estimate of drug-likeness (QED) is 0.614. The van der Waals surface area contributed by atoms with E-state index in [4.69, 9.17) is 0 Å². The fraction of sp³-hybridized carbons (Fsp3) is 0.467. The second-order valence-electron chi connectivity index (χ2n) is 5.62. The largest absolute Gasteiger partial charge is 0.336 e. The smallest absolute Gasteiger partial charge is 0.321 e. The molecule has 0 radical (unpaired) electrons. The van der Waals surface area contributed by atoms with Crippen LogP contribution in [0.1, 0.15) is 32.4 Å². The van der Waals surface area contributed by atoms with Crippen LogP contribution in [0, 0.1) is 10.1 Å². The van der Waals surface area contributed by atoms with Crippen LogP contribution >= 0.6 is 0 Å². The van der Waals surface area contributed by atoms with Crippen molar-refractivity contribution in [2.75, 3.05) is 13.6 Å². The molecule has 1 aromatic rings. The van der Waals surface area contributed by atoms with Gasteiger partial charge in [0.25, 0.3) is 5.69 Å². The number of hydrogen-bond donors (Lipinski definition) is 2. The Bertz CT molecular complexity index is 589. The molecule has 8 heteroatoms. The average molecular weight is 322 g/mol. The molecule has 1 aromatic carbocycles. The van der Waals surface area contributed by atoms with Crippen LogP contribution in [-0.2, 0) is 4.79 Å². The maximum atomic E-state index is 11.8. The number of nitrogens with zero attached hydrogens (tertiary/aromatic N) is 2. The lowest BCUT2D eigenvalue weighted by molar-refractivity contribution is -0.384. The first kappa shape index (κ1) is 18.6. The van der Waals surface area contributed by atoms with Crippen molar-refractivity contribution < 1.29 is 14.5 Å². The van der Waals surface area contributed by atoms with Gasteiger partial charge in [0.15, 0.2) is 0 Å². The molecule has 0 spiro atoms. The van der Waals surface area contributed by atoms with Crippen molar-refractivity contribution >= 4 is 17.6 Å². The number of hydrogen-bond acceptors (Lipinski definition) is 5. The number of likely N-dealkylation sites (N-methyl/N-ethyl adjacent to an activating group) is 1. The molecular weight excluding hydrogens is 300 g/mol. The molecule has 0 saturated heterocycles. The summed E-state index contributed by atoms with van der Waals surface area (Å²) in [5.74, 6) is -0.442. The fourth-order valence-electron chi connectivity index (χ4n) is 1.98. The number of urea groups is 1. The Morgan fingerprint density at radius 1 is 1.30 bits per heavy atom. The third-order valence-electron chi connectivity index (χ3n) is 3.29. The fourth-order valence-corrected chi connectivity index (χ4v) is 1.98. The van der Waals surface area contributed by atoms with Gasteiger partial charge >= 0.3 is 6.03 Å². The van der Waals surface area contributed by atoms with Gasteiger partial charge in [-0.25, -0.2) is 4.79 Å². The molecule has 8 nitrogen and oxygen atoms in total. The average Bonchev–Trinajstić information content (AvgIpc) is 2.45. The molecular formula is C15H22N4O4. The Hall–Kier alpha value is -2.48. The number of non-ortho nitro benzene ring substituents is 1. The Balaban J connectivity index is 2.64. The van der Waals surface area contributed by atoms with Gasteiger partial charge in [-0.15, -0.1) is 0 Å². The molecule has 0 heterocycles. The van der Waals surface area contributed by atoms with Crippen LogP contribution in [0.5, 0.6) is 0 Å². The molecule has 0 aliphatic heterocycles.